The van der Waals surface area contributed by atoms with E-state index in [2.05, 4.69) is 22.1 Å². The van der Waals surface area contributed by atoms with Crippen molar-refractivity contribution in [3.05, 3.63) is 29.8 Å². The van der Waals surface area contributed by atoms with E-state index in [-0.39, 0.29) is 5.82 Å². The number of hydrogen-bond donors (Lipinski definition) is 1. The lowest BCUT2D eigenvalue weighted by Crippen LogP contribution is -2.37. The molecule has 0 saturated carbocycles. The highest BCUT2D eigenvalue weighted by Gasteiger charge is 2.17. The van der Waals surface area contributed by atoms with Gasteiger partial charge in [-0.15, -0.1) is 0 Å². The van der Waals surface area contributed by atoms with Crippen LogP contribution in [-0.2, 0) is 6.54 Å². The minimum atomic E-state index is -0.245. The third-order valence-corrected chi connectivity index (χ3v) is 3.37. The topological polar surface area (TPSA) is 28.2 Å². The summed E-state index contributed by atoms with van der Waals surface area (Å²) in [7, 11) is 0. The number of pyridine rings is 1. The van der Waals surface area contributed by atoms with Gasteiger partial charge in [-0.3, -0.25) is 9.88 Å². The van der Waals surface area contributed by atoms with Gasteiger partial charge in [-0.2, -0.15) is 0 Å². The molecule has 1 aromatic rings. The van der Waals surface area contributed by atoms with Crippen molar-refractivity contribution in [3.8, 4) is 0 Å². The fraction of sp³-hybridized carbons (Fsp3) is 0.643. The minimum Gasteiger partial charge on any atom is -0.313 e. The van der Waals surface area contributed by atoms with Crippen molar-refractivity contribution in [1.82, 2.24) is 15.2 Å². The minimum absolute atomic E-state index is 0.245. The summed E-state index contributed by atoms with van der Waals surface area (Å²) in [5.41, 5.74) is 0.965. The van der Waals surface area contributed by atoms with Crippen molar-refractivity contribution in [2.45, 2.75) is 38.8 Å². The van der Waals surface area contributed by atoms with E-state index in [0.717, 1.165) is 38.2 Å². The van der Waals surface area contributed by atoms with Crippen LogP contribution in [0, 0.1) is 5.82 Å². The van der Waals surface area contributed by atoms with E-state index in [1.54, 1.807) is 12.3 Å². The fourth-order valence-corrected chi connectivity index (χ4v) is 2.56. The predicted molar refractivity (Wildman–Crippen MR) is 70.8 cm³/mol. The van der Waals surface area contributed by atoms with Gasteiger partial charge in [0.2, 0.25) is 0 Å². The van der Waals surface area contributed by atoms with Gasteiger partial charge in [0, 0.05) is 25.3 Å². The van der Waals surface area contributed by atoms with Crippen LogP contribution in [0.1, 0.15) is 31.7 Å². The molecule has 2 rings (SSSR count). The van der Waals surface area contributed by atoms with Crippen LogP contribution >= 0.6 is 0 Å². The molecule has 1 fully saturated rings. The molecule has 0 amide bonds. The van der Waals surface area contributed by atoms with Gasteiger partial charge in [-0.25, -0.2) is 4.39 Å². The highest BCUT2D eigenvalue weighted by molar-refractivity contribution is 5.10. The van der Waals surface area contributed by atoms with Crippen molar-refractivity contribution >= 4 is 0 Å². The van der Waals surface area contributed by atoms with E-state index in [1.165, 1.54) is 19.0 Å². The number of nitrogens with zero attached hydrogens (tertiary/aromatic N) is 2. The molecule has 0 spiro atoms. The Bertz CT molecular complexity index is 370. The Hall–Kier alpha value is -1.00. The van der Waals surface area contributed by atoms with Gasteiger partial charge in [-0.1, -0.05) is 13.3 Å². The van der Waals surface area contributed by atoms with Crippen LogP contribution in [0.3, 0.4) is 0 Å². The highest BCUT2D eigenvalue weighted by atomic mass is 19.1. The maximum Gasteiger partial charge on any atom is 0.141 e. The normalized spacial score (nSPS) is 21.8. The van der Waals surface area contributed by atoms with Crippen LogP contribution in [-0.4, -0.2) is 35.6 Å². The lowest BCUT2D eigenvalue weighted by atomic mass is 10.1. The molecule has 1 saturated heterocycles. The first-order valence-corrected chi connectivity index (χ1v) is 6.83. The number of hydrogen-bond acceptors (Lipinski definition) is 3. The third kappa shape index (κ3) is 4.03. The Balaban J connectivity index is 1.94. The Morgan fingerprint density at radius 3 is 3.17 bits per heavy atom. The van der Waals surface area contributed by atoms with E-state index >= 15 is 0 Å². The molecule has 1 aromatic heterocycles. The molecule has 0 aliphatic carbocycles. The Kier molecular flexibility index (Phi) is 5.08. The Labute approximate surface area is 108 Å². The lowest BCUT2D eigenvalue weighted by Gasteiger charge is -2.24. The van der Waals surface area contributed by atoms with Gasteiger partial charge in [0.25, 0.3) is 0 Å². The van der Waals surface area contributed by atoms with E-state index in [9.17, 15) is 4.39 Å². The molecule has 4 heteroatoms. The molecule has 0 aromatic carbocycles. The molecule has 3 nitrogen and oxygen atoms in total. The first-order chi connectivity index (χ1) is 8.78. The Morgan fingerprint density at radius 1 is 1.50 bits per heavy atom. The van der Waals surface area contributed by atoms with Crippen LogP contribution in [0.2, 0.25) is 0 Å². The average molecular weight is 251 g/mol. The summed E-state index contributed by atoms with van der Waals surface area (Å²) in [5, 5.41) is 3.58. The number of nitrogens with one attached hydrogen (secondary N) is 1. The molecular weight excluding hydrogens is 229 g/mol. The molecule has 1 aliphatic rings. The van der Waals surface area contributed by atoms with Gasteiger partial charge in [-0.05, 0) is 37.6 Å². The monoisotopic (exact) mass is 251 g/mol. The summed E-state index contributed by atoms with van der Waals surface area (Å²) in [4.78, 5) is 6.31. The zero-order valence-electron chi connectivity index (χ0n) is 11.0. The first kappa shape index (κ1) is 13.4. The Morgan fingerprint density at radius 2 is 2.39 bits per heavy atom. The second-order valence-corrected chi connectivity index (χ2v) is 5.04. The van der Waals surface area contributed by atoms with Gasteiger partial charge >= 0.3 is 0 Å². The van der Waals surface area contributed by atoms with E-state index in [1.807, 2.05) is 0 Å². The summed E-state index contributed by atoms with van der Waals surface area (Å²) < 4.78 is 13.1. The van der Waals surface area contributed by atoms with Gasteiger partial charge < -0.3 is 5.32 Å². The highest BCUT2D eigenvalue weighted by Crippen LogP contribution is 2.10. The van der Waals surface area contributed by atoms with Crippen molar-refractivity contribution < 1.29 is 4.39 Å². The molecule has 1 N–H and O–H groups in total. The smallest absolute Gasteiger partial charge is 0.141 e. The van der Waals surface area contributed by atoms with Crippen LogP contribution in [0.4, 0.5) is 4.39 Å². The van der Waals surface area contributed by atoms with E-state index in [4.69, 9.17) is 0 Å². The van der Waals surface area contributed by atoms with Crippen molar-refractivity contribution in [2.75, 3.05) is 19.6 Å². The predicted octanol–water partition coefficient (Wildman–Crippen LogP) is 2.18. The zero-order chi connectivity index (χ0) is 12.8. The molecule has 18 heavy (non-hydrogen) atoms. The molecular formula is C14H22FN3. The summed E-state index contributed by atoms with van der Waals surface area (Å²) in [5.74, 6) is -0.245. The molecule has 0 radical (unpaired) electrons. The van der Waals surface area contributed by atoms with Crippen LogP contribution in [0.5, 0.6) is 0 Å². The molecule has 0 bridgehead atoms. The zero-order valence-corrected chi connectivity index (χ0v) is 11.0. The molecule has 1 atom stereocenters. The summed E-state index contributed by atoms with van der Waals surface area (Å²) >= 11 is 0. The average Bonchev–Trinajstić information content (AvgIpc) is 2.55. The lowest BCUT2D eigenvalue weighted by molar-refractivity contribution is 0.254. The molecule has 100 valence electrons. The largest absolute Gasteiger partial charge is 0.313 e. The number of halogens is 1. The van der Waals surface area contributed by atoms with Crippen LogP contribution in [0.15, 0.2) is 18.5 Å². The van der Waals surface area contributed by atoms with Crippen LogP contribution < -0.4 is 5.32 Å². The fourth-order valence-electron chi connectivity index (χ4n) is 2.56. The number of aromatic nitrogens is 1. The molecule has 1 unspecified atom stereocenters. The molecule has 2 heterocycles. The maximum absolute atomic E-state index is 13.1. The first-order valence-electron chi connectivity index (χ1n) is 6.83. The van der Waals surface area contributed by atoms with E-state index < -0.39 is 0 Å². The van der Waals surface area contributed by atoms with Crippen LogP contribution in [0.25, 0.3) is 0 Å². The number of rotatable bonds is 4. The second-order valence-electron chi connectivity index (χ2n) is 5.04. The van der Waals surface area contributed by atoms with Gasteiger partial charge in [0.05, 0.1) is 6.20 Å². The molecule has 1 aliphatic heterocycles. The second kappa shape index (κ2) is 6.81. The van der Waals surface area contributed by atoms with Crippen molar-refractivity contribution in [1.29, 1.82) is 0 Å². The quantitative estimate of drug-likeness (QED) is 0.889. The standard InChI is InChI=1S/C14H22FN3/c1-2-4-14-11-18(6-3-5-17-14)10-12-7-13(15)9-16-8-12/h7-9,14,17H,2-6,10-11H2,1H3. The van der Waals surface area contributed by atoms with Gasteiger partial charge in [0.15, 0.2) is 0 Å². The van der Waals surface area contributed by atoms with Gasteiger partial charge in [0.1, 0.15) is 5.82 Å². The van der Waals surface area contributed by atoms with E-state index in [0.29, 0.717) is 6.04 Å². The maximum atomic E-state index is 13.1. The summed E-state index contributed by atoms with van der Waals surface area (Å²) in [6, 6.07) is 2.15. The van der Waals surface area contributed by atoms with Crippen molar-refractivity contribution in [3.63, 3.8) is 0 Å². The van der Waals surface area contributed by atoms with Crippen molar-refractivity contribution in [2.24, 2.45) is 0 Å². The summed E-state index contributed by atoms with van der Waals surface area (Å²) in [6.45, 7) is 6.22. The third-order valence-electron chi connectivity index (χ3n) is 3.37. The summed E-state index contributed by atoms with van der Waals surface area (Å²) in [6.07, 6.45) is 6.58. The SMILES string of the molecule is CCCC1CN(Cc2cncc(F)c2)CCCN1.